The van der Waals surface area contributed by atoms with Gasteiger partial charge in [-0.1, -0.05) is 18.2 Å². The topological polar surface area (TPSA) is 48.0 Å². The van der Waals surface area contributed by atoms with Gasteiger partial charge in [-0.25, -0.2) is 4.39 Å². The monoisotopic (exact) mass is 415 g/mol. The first kappa shape index (κ1) is 19.7. The maximum absolute atomic E-state index is 14.5. The lowest BCUT2D eigenvalue weighted by Gasteiger charge is -2.25. The standard InChI is InChI=1S/C22H22FNO4S/c1-3-24(12-14-6-4-8-17-20(14)28-11-10-27-17)22(25)21-15(13-26-2)19-16(23)7-5-9-18(19)29-21/h4-9H,3,10-13H2,1-2H3. The van der Waals surface area contributed by atoms with Crippen LogP contribution in [-0.2, 0) is 17.9 Å². The van der Waals surface area contributed by atoms with Gasteiger partial charge >= 0.3 is 0 Å². The molecule has 0 atom stereocenters. The zero-order chi connectivity index (χ0) is 20.4. The number of benzene rings is 2. The van der Waals surface area contributed by atoms with E-state index < -0.39 is 0 Å². The third kappa shape index (κ3) is 3.68. The van der Waals surface area contributed by atoms with E-state index in [4.69, 9.17) is 14.2 Å². The molecule has 1 aliphatic rings. The van der Waals surface area contributed by atoms with Gasteiger partial charge in [-0.05, 0) is 25.1 Å². The molecule has 0 spiro atoms. The minimum atomic E-state index is -0.337. The fourth-order valence-electron chi connectivity index (χ4n) is 3.56. The summed E-state index contributed by atoms with van der Waals surface area (Å²) in [7, 11) is 1.55. The van der Waals surface area contributed by atoms with Crippen LogP contribution in [0.3, 0.4) is 0 Å². The lowest BCUT2D eigenvalue weighted by molar-refractivity contribution is 0.0750. The summed E-state index contributed by atoms with van der Waals surface area (Å²) < 4.78 is 31.9. The van der Waals surface area contributed by atoms with Crippen LogP contribution in [0.1, 0.15) is 27.7 Å². The molecule has 5 nitrogen and oxygen atoms in total. The quantitative estimate of drug-likeness (QED) is 0.589. The number of hydrogen-bond donors (Lipinski definition) is 0. The minimum absolute atomic E-state index is 0.144. The predicted octanol–water partition coefficient (Wildman–Crippen LogP) is 4.62. The van der Waals surface area contributed by atoms with Crippen molar-refractivity contribution in [1.29, 1.82) is 0 Å². The van der Waals surface area contributed by atoms with E-state index >= 15 is 0 Å². The molecule has 0 radical (unpaired) electrons. The molecule has 1 amide bonds. The van der Waals surface area contributed by atoms with Crippen molar-refractivity contribution in [2.45, 2.75) is 20.1 Å². The highest BCUT2D eigenvalue weighted by molar-refractivity contribution is 7.21. The minimum Gasteiger partial charge on any atom is -0.486 e. The maximum atomic E-state index is 14.5. The van der Waals surface area contributed by atoms with Gasteiger partial charge in [0.1, 0.15) is 19.0 Å². The Morgan fingerprint density at radius 1 is 1.21 bits per heavy atom. The number of nitrogens with zero attached hydrogens (tertiary/aromatic N) is 1. The molecule has 1 aliphatic heterocycles. The van der Waals surface area contributed by atoms with Crippen molar-refractivity contribution >= 4 is 27.3 Å². The predicted molar refractivity (Wildman–Crippen MR) is 110 cm³/mol. The highest BCUT2D eigenvalue weighted by Crippen LogP contribution is 2.37. The van der Waals surface area contributed by atoms with Crippen LogP contribution in [0, 0.1) is 5.82 Å². The Morgan fingerprint density at radius 2 is 2.00 bits per heavy atom. The molecule has 2 aromatic carbocycles. The van der Waals surface area contributed by atoms with Crippen LogP contribution < -0.4 is 9.47 Å². The number of halogens is 1. The van der Waals surface area contributed by atoms with Gasteiger partial charge in [-0.3, -0.25) is 4.79 Å². The molecular weight excluding hydrogens is 393 g/mol. The normalized spacial score (nSPS) is 12.9. The molecule has 0 saturated heterocycles. The highest BCUT2D eigenvalue weighted by Gasteiger charge is 2.26. The molecule has 1 aromatic heterocycles. The van der Waals surface area contributed by atoms with E-state index in [1.165, 1.54) is 17.4 Å². The molecular formula is C22H22FNO4S. The van der Waals surface area contributed by atoms with Gasteiger partial charge in [0.25, 0.3) is 5.91 Å². The van der Waals surface area contributed by atoms with Crippen LogP contribution in [0.15, 0.2) is 36.4 Å². The second-order valence-corrected chi connectivity index (χ2v) is 7.77. The molecule has 3 aromatic rings. The third-order valence-electron chi connectivity index (χ3n) is 4.92. The number of amides is 1. The summed E-state index contributed by atoms with van der Waals surface area (Å²) in [4.78, 5) is 15.7. The van der Waals surface area contributed by atoms with Gasteiger partial charge in [0.05, 0.1) is 11.5 Å². The van der Waals surface area contributed by atoms with E-state index in [-0.39, 0.29) is 18.3 Å². The Bertz CT molecular complexity index is 1050. The van der Waals surface area contributed by atoms with Crippen LogP contribution in [0.5, 0.6) is 11.5 Å². The number of para-hydroxylation sites is 1. The molecule has 0 bridgehead atoms. The zero-order valence-corrected chi connectivity index (χ0v) is 17.2. The van der Waals surface area contributed by atoms with Crippen molar-refractivity contribution in [3.63, 3.8) is 0 Å². The van der Waals surface area contributed by atoms with E-state index in [1.807, 2.05) is 31.2 Å². The van der Waals surface area contributed by atoms with Crippen LogP contribution in [0.4, 0.5) is 4.39 Å². The molecule has 0 saturated carbocycles. The van der Waals surface area contributed by atoms with Crippen LogP contribution in [0.2, 0.25) is 0 Å². The summed E-state index contributed by atoms with van der Waals surface area (Å²) >= 11 is 1.30. The number of hydrogen-bond acceptors (Lipinski definition) is 5. The highest BCUT2D eigenvalue weighted by atomic mass is 32.1. The summed E-state index contributed by atoms with van der Waals surface area (Å²) in [5, 5.41) is 0.465. The average molecular weight is 415 g/mol. The molecule has 0 unspecified atom stereocenters. The molecule has 0 N–H and O–H groups in total. The Balaban J connectivity index is 1.70. The number of methoxy groups -OCH3 is 1. The van der Waals surface area contributed by atoms with Gasteiger partial charge in [-0.15, -0.1) is 11.3 Å². The first-order chi connectivity index (χ1) is 14.1. The lowest BCUT2D eigenvalue weighted by Crippen LogP contribution is -2.31. The fourth-order valence-corrected chi connectivity index (χ4v) is 4.75. The van der Waals surface area contributed by atoms with Gasteiger partial charge in [0.15, 0.2) is 11.5 Å². The van der Waals surface area contributed by atoms with Gasteiger partial charge in [0.2, 0.25) is 0 Å². The molecule has 7 heteroatoms. The summed E-state index contributed by atoms with van der Waals surface area (Å²) in [5.41, 5.74) is 1.49. The molecule has 4 rings (SSSR count). The fraction of sp³-hybridized carbons (Fsp3) is 0.318. The van der Waals surface area contributed by atoms with Crippen molar-refractivity contribution in [2.75, 3.05) is 26.9 Å². The molecule has 152 valence electrons. The largest absolute Gasteiger partial charge is 0.486 e. The van der Waals surface area contributed by atoms with Crippen molar-refractivity contribution in [1.82, 2.24) is 4.90 Å². The van der Waals surface area contributed by atoms with Crippen molar-refractivity contribution in [3.05, 3.63) is 58.2 Å². The second-order valence-electron chi connectivity index (χ2n) is 6.72. The zero-order valence-electron chi connectivity index (χ0n) is 16.4. The molecule has 2 heterocycles. The van der Waals surface area contributed by atoms with E-state index in [2.05, 4.69) is 0 Å². The van der Waals surface area contributed by atoms with Crippen LogP contribution >= 0.6 is 11.3 Å². The Labute approximate surface area is 172 Å². The number of fused-ring (bicyclic) bond motifs is 2. The van der Waals surface area contributed by atoms with E-state index in [9.17, 15) is 9.18 Å². The average Bonchev–Trinajstić information content (AvgIpc) is 3.11. The summed E-state index contributed by atoms with van der Waals surface area (Å²) in [6, 6.07) is 10.6. The van der Waals surface area contributed by atoms with Crippen molar-refractivity contribution < 1.29 is 23.4 Å². The molecule has 29 heavy (non-hydrogen) atoms. The first-order valence-corrected chi connectivity index (χ1v) is 10.3. The third-order valence-corrected chi connectivity index (χ3v) is 6.11. The van der Waals surface area contributed by atoms with E-state index in [1.54, 1.807) is 18.1 Å². The second kappa shape index (κ2) is 8.39. The summed E-state index contributed by atoms with van der Waals surface area (Å²) in [5.74, 6) is 0.899. The number of carbonyl (C=O) groups excluding carboxylic acids is 1. The van der Waals surface area contributed by atoms with Crippen LogP contribution in [-0.4, -0.2) is 37.7 Å². The number of carbonyl (C=O) groups is 1. The van der Waals surface area contributed by atoms with Crippen LogP contribution in [0.25, 0.3) is 10.1 Å². The molecule has 0 aliphatic carbocycles. The maximum Gasteiger partial charge on any atom is 0.264 e. The smallest absolute Gasteiger partial charge is 0.264 e. The van der Waals surface area contributed by atoms with Gasteiger partial charge < -0.3 is 19.1 Å². The number of thiophene rings is 1. The number of ether oxygens (including phenoxy) is 3. The van der Waals surface area contributed by atoms with Crippen molar-refractivity contribution in [2.24, 2.45) is 0 Å². The van der Waals surface area contributed by atoms with Crippen molar-refractivity contribution in [3.8, 4) is 11.5 Å². The SMILES string of the molecule is CCN(Cc1cccc2c1OCCO2)C(=O)c1sc2cccc(F)c2c1COC. The summed E-state index contributed by atoms with van der Waals surface area (Å²) in [6.45, 7) is 3.99. The Morgan fingerprint density at radius 3 is 2.79 bits per heavy atom. The molecule has 0 fully saturated rings. The van der Waals surface area contributed by atoms with E-state index in [0.717, 1.165) is 10.3 Å². The first-order valence-electron chi connectivity index (χ1n) is 9.49. The Hall–Kier alpha value is -2.64. The van der Waals surface area contributed by atoms with E-state index in [0.29, 0.717) is 53.6 Å². The summed E-state index contributed by atoms with van der Waals surface area (Å²) in [6.07, 6.45) is 0. The number of rotatable bonds is 6. The van der Waals surface area contributed by atoms with Gasteiger partial charge in [-0.2, -0.15) is 0 Å². The lowest BCUT2D eigenvalue weighted by atomic mass is 10.1. The van der Waals surface area contributed by atoms with Gasteiger partial charge in [0, 0.05) is 41.4 Å². The Kier molecular flexibility index (Phi) is 5.69.